The van der Waals surface area contributed by atoms with Crippen LogP contribution >= 0.6 is 23.4 Å². The van der Waals surface area contributed by atoms with Crippen LogP contribution in [-0.2, 0) is 9.59 Å². The van der Waals surface area contributed by atoms with Crippen molar-refractivity contribution in [2.45, 2.75) is 4.90 Å². The molecule has 0 saturated heterocycles. The molecule has 0 aliphatic heterocycles. The van der Waals surface area contributed by atoms with Crippen LogP contribution in [0.25, 0.3) is 6.08 Å². The van der Waals surface area contributed by atoms with Gasteiger partial charge in [0.15, 0.2) is 0 Å². The molecule has 0 unspecified atom stereocenters. The van der Waals surface area contributed by atoms with Crippen LogP contribution in [0.2, 0.25) is 5.02 Å². The topological polar surface area (TPSA) is 72.2 Å². The van der Waals surface area contributed by atoms with E-state index in [2.05, 4.69) is 5.32 Å². The molecule has 2 aromatic rings. The predicted octanol–water partition coefficient (Wildman–Crippen LogP) is 3.57. The molecule has 0 heterocycles. The summed E-state index contributed by atoms with van der Waals surface area (Å²) < 4.78 is 0. The van der Waals surface area contributed by atoms with Gasteiger partial charge in [0.2, 0.25) is 11.8 Å². The lowest BCUT2D eigenvalue weighted by Crippen LogP contribution is -2.13. The number of thioether (sulfide) groups is 1. The quantitative estimate of drug-likeness (QED) is 0.620. The number of hydrogen-bond acceptors (Lipinski definition) is 3. The van der Waals surface area contributed by atoms with Crippen molar-refractivity contribution in [3.8, 4) is 0 Å². The van der Waals surface area contributed by atoms with Crippen molar-refractivity contribution in [1.29, 1.82) is 0 Å². The number of benzene rings is 2. The van der Waals surface area contributed by atoms with Gasteiger partial charge in [-0.1, -0.05) is 35.9 Å². The molecule has 118 valence electrons. The van der Waals surface area contributed by atoms with Crippen molar-refractivity contribution in [2.24, 2.45) is 5.73 Å². The molecule has 2 amide bonds. The Morgan fingerprint density at radius 3 is 2.52 bits per heavy atom. The van der Waals surface area contributed by atoms with Crippen LogP contribution in [0.5, 0.6) is 0 Å². The minimum absolute atomic E-state index is 0.160. The van der Waals surface area contributed by atoms with Crippen LogP contribution in [0.4, 0.5) is 5.69 Å². The van der Waals surface area contributed by atoms with Crippen LogP contribution in [-0.4, -0.2) is 17.6 Å². The third kappa shape index (κ3) is 5.81. The molecular weight excluding hydrogens is 332 g/mol. The summed E-state index contributed by atoms with van der Waals surface area (Å²) in [6, 6.07) is 14.4. The molecule has 0 bridgehead atoms. The van der Waals surface area contributed by atoms with E-state index in [9.17, 15) is 9.59 Å². The second-order valence-electron chi connectivity index (χ2n) is 4.63. The van der Waals surface area contributed by atoms with Gasteiger partial charge in [0.25, 0.3) is 0 Å². The highest BCUT2D eigenvalue weighted by Gasteiger charge is 2.06. The molecule has 0 aromatic heterocycles. The molecule has 0 aliphatic carbocycles. The monoisotopic (exact) mass is 346 g/mol. The maximum absolute atomic E-state index is 12.0. The van der Waals surface area contributed by atoms with Crippen molar-refractivity contribution in [3.05, 3.63) is 65.2 Å². The first kappa shape index (κ1) is 17.1. The van der Waals surface area contributed by atoms with Gasteiger partial charge in [0.1, 0.15) is 0 Å². The lowest BCUT2D eigenvalue weighted by molar-refractivity contribution is -0.115. The van der Waals surface area contributed by atoms with Gasteiger partial charge in [-0.2, -0.15) is 0 Å². The van der Waals surface area contributed by atoms with E-state index in [-0.39, 0.29) is 11.7 Å². The Morgan fingerprint density at radius 2 is 1.83 bits per heavy atom. The molecule has 0 radical (unpaired) electrons. The molecule has 2 aromatic carbocycles. The highest BCUT2D eigenvalue weighted by Crippen LogP contribution is 2.26. The molecule has 0 fully saturated rings. The van der Waals surface area contributed by atoms with E-state index in [1.165, 1.54) is 17.8 Å². The third-order valence-electron chi connectivity index (χ3n) is 2.81. The Balaban J connectivity index is 2.02. The first-order valence-electron chi connectivity index (χ1n) is 6.79. The van der Waals surface area contributed by atoms with Gasteiger partial charge in [-0.25, -0.2) is 0 Å². The first-order chi connectivity index (χ1) is 11.0. The van der Waals surface area contributed by atoms with Crippen molar-refractivity contribution < 1.29 is 9.59 Å². The van der Waals surface area contributed by atoms with Gasteiger partial charge in [-0.3, -0.25) is 9.59 Å². The molecule has 23 heavy (non-hydrogen) atoms. The standard InChI is InChI=1S/C17H15ClN2O2S/c18-13-8-5-12(6-9-13)7-10-17(22)20-14-3-1-2-4-15(14)23-11-16(19)21/h1-10H,11H2,(H2,19,21)(H,20,22). The SMILES string of the molecule is NC(=O)CSc1ccccc1NC(=O)C=Cc1ccc(Cl)cc1. The fraction of sp³-hybridized carbons (Fsp3) is 0.0588. The summed E-state index contributed by atoms with van der Waals surface area (Å²) in [6.07, 6.45) is 3.14. The molecular formula is C17H15ClN2O2S. The number of halogens is 1. The zero-order valence-corrected chi connectivity index (χ0v) is 13.7. The smallest absolute Gasteiger partial charge is 0.248 e. The number of carbonyl (C=O) groups is 2. The summed E-state index contributed by atoms with van der Waals surface area (Å²) in [5.74, 6) is -0.501. The maximum Gasteiger partial charge on any atom is 0.248 e. The summed E-state index contributed by atoms with van der Waals surface area (Å²) in [7, 11) is 0. The second-order valence-corrected chi connectivity index (χ2v) is 6.08. The summed E-state index contributed by atoms with van der Waals surface area (Å²) in [4.78, 5) is 23.7. The van der Waals surface area contributed by atoms with E-state index in [1.54, 1.807) is 24.3 Å². The largest absolute Gasteiger partial charge is 0.369 e. The van der Waals surface area contributed by atoms with Crippen molar-refractivity contribution in [3.63, 3.8) is 0 Å². The van der Waals surface area contributed by atoms with E-state index in [0.29, 0.717) is 10.7 Å². The fourth-order valence-corrected chi connectivity index (χ4v) is 2.64. The first-order valence-corrected chi connectivity index (χ1v) is 8.16. The van der Waals surface area contributed by atoms with Gasteiger partial charge >= 0.3 is 0 Å². The molecule has 0 saturated carbocycles. The van der Waals surface area contributed by atoms with Gasteiger partial charge in [0, 0.05) is 16.0 Å². The van der Waals surface area contributed by atoms with Crippen molar-refractivity contribution in [1.82, 2.24) is 0 Å². The van der Waals surface area contributed by atoms with Gasteiger partial charge in [-0.15, -0.1) is 11.8 Å². The van der Waals surface area contributed by atoms with Crippen molar-refractivity contribution in [2.75, 3.05) is 11.1 Å². The van der Waals surface area contributed by atoms with E-state index in [4.69, 9.17) is 17.3 Å². The van der Waals surface area contributed by atoms with E-state index in [0.717, 1.165) is 10.5 Å². The number of hydrogen-bond donors (Lipinski definition) is 2. The number of nitrogens with one attached hydrogen (secondary N) is 1. The second kappa shape index (κ2) is 8.41. The Hall–Kier alpha value is -2.24. The number of anilines is 1. The summed E-state index contributed by atoms with van der Waals surface area (Å²) in [5, 5.41) is 3.44. The third-order valence-corrected chi connectivity index (χ3v) is 4.16. The Kier molecular flexibility index (Phi) is 6.26. The minimum Gasteiger partial charge on any atom is -0.369 e. The van der Waals surface area contributed by atoms with Crippen molar-refractivity contribution >= 4 is 46.9 Å². The van der Waals surface area contributed by atoms with Crippen LogP contribution < -0.4 is 11.1 Å². The Morgan fingerprint density at radius 1 is 1.13 bits per heavy atom. The normalized spacial score (nSPS) is 10.7. The number of rotatable bonds is 6. The highest BCUT2D eigenvalue weighted by atomic mass is 35.5. The average molecular weight is 347 g/mol. The summed E-state index contributed by atoms with van der Waals surface area (Å²) >= 11 is 7.10. The molecule has 2 rings (SSSR count). The molecule has 3 N–H and O–H groups in total. The molecule has 0 spiro atoms. The number of carbonyl (C=O) groups excluding carboxylic acids is 2. The minimum atomic E-state index is -0.404. The van der Waals surface area contributed by atoms with E-state index < -0.39 is 5.91 Å². The summed E-state index contributed by atoms with van der Waals surface area (Å²) in [6.45, 7) is 0. The maximum atomic E-state index is 12.0. The van der Waals surface area contributed by atoms with Gasteiger partial charge in [-0.05, 0) is 35.9 Å². The number of para-hydroxylation sites is 1. The lowest BCUT2D eigenvalue weighted by Gasteiger charge is -2.08. The Bertz CT molecular complexity index is 730. The van der Waals surface area contributed by atoms with Crippen LogP contribution in [0, 0.1) is 0 Å². The number of nitrogens with two attached hydrogens (primary N) is 1. The van der Waals surface area contributed by atoms with Gasteiger partial charge in [0.05, 0.1) is 11.4 Å². The highest BCUT2D eigenvalue weighted by molar-refractivity contribution is 8.00. The Labute approximate surface area is 143 Å². The van der Waals surface area contributed by atoms with Crippen LogP contribution in [0.1, 0.15) is 5.56 Å². The summed E-state index contributed by atoms with van der Waals surface area (Å²) in [5.41, 5.74) is 6.67. The average Bonchev–Trinajstić information content (AvgIpc) is 2.53. The fourth-order valence-electron chi connectivity index (χ4n) is 1.76. The number of primary amides is 1. The van der Waals surface area contributed by atoms with E-state index in [1.807, 2.05) is 30.3 Å². The van der Waals surface area contributed by atoms with Gasteiger partial charge < -0.3 is 11.1 Å². The molecule has 0 aliphatic rings. The molecule has 6 heteroatoms. The number of amides is 2. The zero-order chi connectivity index (χ0) is 16.7. The lowest BCUT2D eigenvalue weighted by atomic mass is 10.2. The molecule has 0 atom stereocenters. The predicted molar refractivity (Wildman–Crippen MR) is 95.5 cm³/mol. The van der Waals surface area contributed by atoms with E-state index >= 15 is 0 Å². The molecule has 4 nitrogen and oxygen atoms in total. The van der Waals surface area contributed by atoms with Crippen LogP contribution in [0.3, 0.4) is 0 Å². The zero-order valence-electron chi connectivity index (χ0n) is 12.2. The van der Waals surface area contributed by atoms with Crippen LogP contribution in [0.15, 0.2) is 59.5 Å².